The summed E-state index contributed by atoms with van der Waals surface area (Å²) < 4.78 is 0.434. The fourth-order valence-corrected chi connectivity index (χ4v) is 1.99. The van der Waals surface area contributed by atoms with E-state index in [1.807, 2.05) is 31.2 Å². The molecule has 74 valence electrons. The van der Waals surface area contributed by atoms with E-state index in [2.05, 4.69) is 12.6 Å². The molecule has 0 atom stereocenters. The molecule has 0 unspecified atom stereocenters. The van der Waals surface area contributed by atoms with Crippen LogP contribution in [-0.4, -0.2) is 0 Å². The fraction of sp³-hybridized carbons (Fsp3) is 0.0909. The number of hydrogen-bond acceptors (Lipinski definition) is 4. The summed E-state index contributed by atoms with van der Waals surface area (Å²) >= 11 is 5.43. The first-order valence-electron chi connectivity index (χ1n) is 4.15. The summed E-state index contributed by atoms with van der Waals surface area (Å²) in [5.74, 6) is 0. The van der Waals surface area contributed by atoms with Crippen LogP contribution in [0.5, 0.6) is 0 Å². The van der Waals surface area contributed by atoms with Gasteiger partial charge in [-0.25, -0.2) is 0 Å². The number of nitriles is 2. The first-order chi connectivity index (χ1) is 7.17. The molecule has 1 aromatic rings. The predicted molar refractivity (Wildman–Crippen MR) is 64.3 cm³/mol. The summed E-state index contributed by atoms with van der Waals surface area (Å²) in [5, 5.41) is 17.3. The van der Waals surface area contributed by atoms with Crippen LogP contribution in [0.1, 0.15) is 5.56 Å². The number of thiol groups is 1. The Morgan fingerprint density at radius 2 is 1.73 bits per heavy atom. The van der Waals surface area contributed by atoms with Crippen LogP contribution in [-0.2, 0) is 0 Å². The number of hydrogen-bond donors (Lipinski definition) is 1. The van der Waals surface area contributed by atoms with Gasteiger partial charge >= 0.3 is 0 Å². The molecule has 0 fully saturated rings. The van der Waals surface area contributed by atoms with Crippen molar-refractivity contribution in [2.24, 2.45) is 0 Å². The molecule has 0 aliphatic heterocycles. The molecular formula is C11H8N2S2. The number of thioether (sulfide) groups is 1. The number of aryl methyl sites for hydroxylation is 1. The van der Waals surface area contributed by atoms with Crippen LogP contribution in [0.15, 0.2) is 39.0 Å². The van der Waals surface area contributed by atoms with E-state index in [9.17, 15) is 0 Å². The standard InChI is InChI=1S/C11H8N2S2/c1-8-2-4-10(5-3-8)15-11(14)9(6-12)7-13/h2-5,14H,1H3. The van der Waals surface area contributed by atoms with E-state index in [1.54, 1.807) is 12.1 Å². The Morgan fingerprint density at radius 1 is 1.20 bits per heavy atom. The molecule has 0 saturated heterocycles. The van der Waals surface area contributed by atoms with Crippen LogP contribution in [0.25, 0.3) is 0 Å². The van der Waals surface area contributed by atoms with Crippen molar-refractivity contribution in [3.05, 3.63) is 39.6 Å². The van der Waals surface area contributed by atoms with E-state index in [4.69, 9.17) is 10.5 Å². The smallest absolute Gasteiger partial charge is 0.149 e. The van der Waals surface area contributed by atoms with Crippen molar-refractivity contribution in [3.8, 4) is 12.1 Å². The number of allylic oxidation sites excluding steroid dienone is 1. The Morgan fingerprint density at radius 3 is 2.20 bits per heavy atom. The Kier molecular flexibility index (Phi) is 4.30. The van der Waals surface area contributed by atoms with Gasteiger partial charge in [0.2, 0.25) is 0 Å². The summed E-state index contributed by atoms with van der Waals surface area (Å²) in [6, 6.07) is 11.4. The molecule has 1 rings (SSSR count). The average molecular weight is 232 g/mol. The lowest BCUT2D eigenvalue weighted by Gasteiger charge is -2.00. The van der Waals surface area contributed by atoms with Crippen LogP contribution in [0.2, 0.25) is 0 Å². The van der Waals surface area contributed by atoms with Crippen molar-refractivity contribution >= 4 is 24.4 Å². The van der Waals surface area contributed by atoms with Gasteiger partial charge in [-0.2, -0.15) is 10.5 Å². The molecule has 2 nitrogen and oxygen atoms in total. The lowest BCUT2D eigenvalue weighted by molar-refractivity contribution is 1.38. The van der Waals surface area contributed by atoms with E-state index in [0.29, 0.717) is 4.24 Å². The van der Waals surface area contributed by atoms with Gasteiger partial charge in [0.05, 0.1) is 4.24 Å². The van der Waals surface area contributed by atoms with Gasteiger partial charge in [0.1, 0.15) is 17.7 Å². The van der Waals surface area contributed by atoms with Gasteiger partial charge in [-0.05, 0) is 19.1 Å². The van der Waals surface area contributed by atoms with E-state index in [1.165, 1.54) is 17.3 Å². The number of nitrogens with zero attached hydrogens (tertiary/aromatic N) is 2. The third kappa shape index (κ3) is 3.36. The Bertz CT molecular complexity index is 445. The second-order valence-corrected chi connectivity index (χ2v) is 4.65. The highest BCUT2D eigenvalue weighted by Gasteiger charge is 2.03. The summed E-state index contributed by atoms with van der Waals surface area (Å²) in [7, 11) is 0. The molecule has 4 heteroatoms. The zero-order valence-corrected chi connectivity index (χ0v) is 9.77. The maximum atomic E-state index is 8.63. The second-order valence-electron chi connectivity index (χ2n) is 2.82. The monoisotopic (exact) mass is 232 g/mol. The van der Waals surface area contributed by atoms with Crippen LogP contribution in [0, 0.1) is 29.6 Å². The molecule has 15 heavy (non-hydrogen) atoms. The first-order valence-corrected chi connectivity index (χ1v) is 5.41. The maximum Gasteiger partial charge on any atom is 0.149 e. The SMILES string of the molecule is Cc1ccc(SC(S)=C(C#N)C#N)cc1. The van der Waals surface area contributed by atoms with Gasteiger partial charge < -0.3 is 0 Å². The molecular weight excluding hydrogens is 224 g/mol. The van der Waals surface area contributed by atoms with Crippen molar-refractivity contribution in [1.29, 1.82) is 10.5 Å². The molecule has 0 amide bonds. The Balaban J connectivity index is 2.89. The molecule has 1 aromatic carbocycles. The van der Waals surface area contributed by atoms with Crippen LogP contribution < -0.4 is 0 Å². The first kappa shape index (κ1) is 11.7. The van der Waals surface area contributed by atoms with Crippen molar-refractivity contribution in [2.45, 2.75) is 11.8 Å². The highest BCUT2D eigenvalue weighted by molar-refractivity contribution is 8.15. The number of rotatable bonds is 2. The molecule has 0 radical (unpaired) electrons. The van der Waals surface area contributed by atoms with E-state index < -0.39 is 0 Å². The topological polar surface area (TPSA) is 47.6 Å². The summed E-state index contributed by atoms with van der Waals surface area (Å²) in [5.41, 5.74) is 1.22. The lowest BCUT2D eigenvalue weighted by atomic mass is 10.2. The average Bonchev–Trinajstić information content (AvgIpc) is 2.23. The normalized spacial score (nSPS) is 8.80. The largest absolute Gasteiger partial charge is 0.192 e. The third-order valence-corrected chi connectivity index (χ3v) is 3.08. The second kappa shape index (κ2) is 5.50. The summed E-state index contributed by atoms with van der Waals surface area (Å²) in [4.78, 5) is 0.966. The molecule has 0 aromatic heterocycles. The van der Waals surface area contributed by atoms with Crippen molar-refractivity contribution in [3.63, 3.8) is 0 Å². The zero-order valence-electron chi connectivity index (χ0n) is 8.06. The summed E-state index contributed by atoms with van der Waals surface area (Å²) in [6.45, 7) is 2.00. The minimum absolute atomic E-state index is 0.0453. The number of benzene rings is 1. The molecule has 0 N–H and O–H groups in total. The highest BCUT2D eigenvalue weighted by Crippen LogP contribution is 2.31. The van der Waals surface area contributed by atoms with Gasteiger partial charge in [0.15, 0.2) is 0 Å². The van der Waals surface area contributed by atoms with E-state index in [0.717, 1.165) is 4.90 Å². The van der Waals surface area contributed by atoms with Gasteiger partial charge in [-0.1, -0.05) is 29.5 Å². The molecule has 0 aliphatic rings. The van der Waals surface area contributed by atoms with Crippen molar-refractivity contribution in [2.75, 3.05) is 0 Å². The Labute approximate surface area is 98.6 Å². The summed E-state index contributed by atoms with van der Waals surface area (Å²) in [6.07, 6.45) is 0. The van der Waals surface area contributed by atoms with Gasteiger partial charge in [0, 0.05) is 4.90 Å². The molecule has 0 bridgehead atoms. The maximum absolute atomic E-state index is 8.63. The highest BCUT2D eigenvalue weighted by atomic mass is 32.2. The van der Waals surface area contributed by atoms with Crippen LogP contribution in [0.3, 0.4) is 0 Å². The van der Waals surface area contributed by atoms with E-state index in [-0.39, 0.29) is 5.57 Å². The van der Waals surface area contributed by atoms with Gasteiger partial charge in [-0.15, -0.1) is 12.6 Å². The van der Waals surface area contributed by atoms with Crippen molar-refractivity contribution < 1.29 is 0 Å². The van der Waals surface area contributed by atoms with Crippen LogP contribution in [0.4, 0.5) is 0 Å². The lowest BCUT2D eigenvalue weighted by Crippen LogP contribution is -1.77. The Hall–Kier alpha value is -1.36. The molecule has 0 saturated carbocycles. The van der Waals surface area contributed by atoms with E-state index >= 15 is 0 Å². The van der Waals surface area contributed by atoms with Crippen LogP contribution >= 0.6 is 24.4 Å². The molecule has 0 spiro atoms. The van der Waals surface area contributed by atoms with Crippen molar-refractivity contribution in [1.82, 2.24) is 0 Å². The minimum Gasteiger partial charge on any atom is -0.192 e. The zero-order chi connectivity index (χ0) is 11.3. The fourth-order valence-electron chi connectivity index (χ4n) is 0.890. The molecule has 0 heterocycles. The predicted octanol–water partition coefficient (Wildman–Crippen LogP) is 3.28. The minimum atomic E-state index is 0.0453. The quantitative estimate of drug-likeness (QED) is 0.483. The third-order valence-electron chi connectivity index (χ3n) is 1.67. The van der Waals surface area contributed by atoms with Gasteiger partial charge in [-0.3, -0.25) is 0 Å². The van der Waals surface area contributed by atoms with Gasteiger partial charge in [0.25, 0.3) is 0 Å². The molecule has 0 aliphatic carbocycles.